The van der Waals surface area contributed by atoms with E-state index in [0.29, 0.717) is 12.3 Å². The average molecular weight is 365 g/mol. The summed E-state index contributed by atoms with van der Waals surface area (Å²) in [5, 5.41) is 9.53. The number of ether oxygens (including phenoxy) is 3. The number of pyridine rings is 1. The topological polar surface area (TPSA) is 60.8 Å². The molecular weight excluding hydrogens is 342 g/mol. The second kappa shape index (κ2) is 8.56. The molecule has 0 spiro atoms. The van der Waals surface area contributed by atoms with Crippen LogP contribution in [-0.2, 0) is 6.42 Å². The Bertz CT molecular complexity index is 889. The predicted octanol–water partition coefficient (Wildman–Crippen LogP) is 3.98. The minimum atomic E-state index is 0.0409. The minimum Gasteiger partial charge on any atom is -0.497 e. The average Bonchev–Trinajstić information content (AvgIpc) is 2.74. The maximum atomic E-state index is 9.53. The van der Waals surface area contributed by atoms with Crippen molar-refractivity contribution in [3.8, 4) is 39.6 Å². The van der Waals surface area contributed by atoms with Crippen LogP contribution in [0.3, 0.4) is 0 Å². The van der Waals surface area contributed by atoms with Crippen molar-refractivity contribution < 1.29 is 19.3 Å². The number of aliphatic hydroxyl groups excluding tert-OH is 1. The molecule has 2 aromatic carbocycles. The number of rotatable bonds is 7. The number of methoxy groups -OCH3 is 3. The Balaban J connectivity index is 2.25. The van der Waals surface area contributed by atoms with E-state index in [9.17, 15) is 5.11 Å². The molecular formula is C22H23NO4. The van der Waals surface area contributed by atoms with E-state index in [2.05, 4.69) is 4.98 Å². The van der Waals surface area contributed by atoms with Gasteiger partial charge >= 0.3 is 0 Å². The molecule has 3 aromatic rings. The molecule has 1 heterocycles. The lowest BCUT2D eigenvalue weighted by Crippen LogP contribution is -2.02. The van der Waals surface area contributed by atoms with E-state index in [4.69, 9.17) is 14.2 Å². The van der Waals surface area contributed by atoms with E-state index in [1.165, 1.54) is 0 Å². The molecule has 0 saturated heterocycles. The fourth-order valence-corrected chi connectivity index (χ4v) is 3.11. The first kappa shape index (κ1) is 18.7. The Morgan fingerprint density at radius 2 is 1.26 bits per heavy atom. The normalized spacial score (nSPS) is 10.5. The summed E-state index contributed by atoms with van der Waals surface area (Å²) in [5.41, 5.74) is 4.80. The largest absolute Gasteiger partial charge is 0.497 e. The van der Waals surface area contributed by atoms with Crippen LogP contribution < -0.4 is 14.2 Å². The molecule has 5 heteroatoms. The van der Waals surface area contributed by atoms with Crippen molar-refractivity contribution in [1.82, 2.24) is 4.98 Å². The van der Waals surface area contributed by atoms with Crippen LogP contribution in [0.4, 0.5) is 0 Å². The number of aromatic nitrogens is 1. The fourth-order valence-electron chi connectivity index (χ4n) is 3.11. The summed E-state index contributed by atoms with van der Waals surface area (Å²) in [7, 11) is 4.89. The number of benzene rings is 2. The van der Waals surface area contributed by atoms with Gasteiger partial charge in [-0.1, -0.05) is 24.3 Å². The van der Waals surface area contributed by atoms with Gasteiger partial charge in [0.05, 0.1) is 26.9 Å². The molecule has 0 bridgehead atoms. The molecule has 0 aliphatic heterocycles. The third-order valence-electron chi connectivity index (χ3n) is 4.45. The Morgan fingerprint density at radius 1 is 0.741 bits per heavy atom. The van der Waals surface area contributed by atoms with Crippen molar-refractivity contribution in [2.45, 2.75) is 6.42 Å². The Hall–Kier alpha value is -3.05. The Labute approximate surface area is 159 Å². The van der Waals surface area contributed by atoms with Crippen LogP contribution in [-0.4, -0.2) is 38.0 Å². The van der Waals surface area contributed by atoms with E-state index in [0.717, 1.165) is 39.3 Å². The zero-order valence-electron chi connectivity index (χ0n) is 15.7. The van der Waals surface area contributed by atoms with Gasteiger partial charge in [-0.25, -0.2) is 4.98 Å². The lowest BCUT2D eigenvalue weighted by Gasteiger charge is -2.18. The molecule has 0 amide bonds. The van der Waals surface area contributed by atoms with Gasteiger partial charge in [0.1, 0.15) is 11.5 Å². The lowest BCUT2D eigenvalue weighted by molar-refractivity contribution is 0.299. The van der Waals surface area contributed by atoms with E-state index in [1.807, 2.05) is 48.5 Å². The SMILES string of the molecule is COc1ccc(-c2c(CCO)cnc(OC)c2-c2ccc(OC)cc2)cc1. The molecule has 0 fully saturated rings. The van der Waals surface area contributed by atoms with E-state index >= 15 is 0 Å². The molecule has 27 heavy (non-hydrogen) atoms. The quantitative estimate of drug-likeness (QED) is 0.686. The van der Waals surface area contributed by atoms with Crippen molar-refractivity contribution in [1.29, 1.82) is 0 Å². The standard InChI is InChI=1S/C22H23NO4/c1-25-18-8-4-15(5-9-18)20-17(12-13-24)14-23-22(27-3)21(20)16-6-10-19(26-2)11-7-16/h4-11,14,24H,12-13H2,1-3H3. The van der Waals surface area contributed by atoms with Gasteiger partial charge in [0.15, 0.2) is 0 Å². The molecule has 0 unspecified atom stereocenters. The van der Waals surface area contributed by atoms with Gasteiger partial charge in [-0.2, -0.15) is 0 Å². The van der Waals surface area contributed by atoms with Crippen molar-refractivity contribution in [2.24, 2.45) is 0 Å². The third-order valence-corrected chi connectivity index (χ3v) is 4.45. The van der Waals surface area contributed by atoms with Crippen molar-refractivity contribution in [2.75, 3.05) is 27.9 Å². The maximum Gasteiger partial charge on any atom is 0.221 e. The first-order chi connectivity index (χ1) is 13.2. The first-order valence-corrected chi connectivity index (χ1v) is 8.67. The first-order valence-electron chi connectivity index (χ1n) is 8.67. The number of aliphatic hydroxyl groups is 1. The highest BCUT2D eigenvalue weighted by atomic mass is 16.5. The van der Waals surface area contributed by atoms with Gasteiger partial charge in [-0.3, -0.25) is 0 Å². The second-order valence-corrected chi connectivity index (χ2v) is 5.97. The molecule has 1 aromatic heterocycles. The summed E-state index contributed by atoms with van der Waals surface area (Å²) < 4.78 is 16.1. The molecule has 0 radical (unpaired) electrons. The lowest BCUT2D eigenvalue weighted by atomic mass is 9.91. The Kier molecular flexibility index (Phi) is 5.94. The van der Waals surface area contributed by atoms with Gasteiger partial charge < -0.3 is 19.3 Å². The summed E-state index contributed by atoms with van der Waals surface area (Å²) in [4.78, 5) is 4.47. The van der Waals surface area contributed by atoms with Crippen LogP contribution >= 0.6 is 0 Å². The van der Waals surface area contributed by atoms with Gasteiger partial charge in [0, 0.05) is 12.8 Å². The van der Waals surface area contributed by atoms with Crippen molar-refractivity contribution in [3.63, 3.8) is 0 Å². The zero-order chi connectivity index (χ0) is 19.2. The molecule has 0 aliphatic rings. The molecule has 0 saturated carbocycles. The minimum absolute atomic E-state index is 0.0409. The van der Waals surface area contributed by atoms with E-state index in [1.54, 1.807) is 27.5 Å². The van der Waals surface area contributed by atoms with E-state index in [-0.39, 0.29) is 6.61 Å². The monoisotopic (exact) mass is 365 g/mol. The van der Waals surface area contributed by atoms with Crippen LogP contribution in [0.1, 0.15) is 5.56 Å². The van der Waals surface area contributed by atoms with Crippen molar-refractivity contribution >= 4 is 0 Å². The van der Waals surface area contributed by atoms with Gasteiger partial charge in [-0.15, -0.1) is 0 Å². The smallest absolute Gasteiger partial charge is 0.221 e. The molecule has 0 atom stereocenters. The van der Waals surface area contributed by atoms with Gasteiger partial charge in [-0.05, 0) is 52.9 Å². The third kappa shape index (κ3) is 3.88. The summed E-state index contributed by atoms with van der Waals surface area (Å²) in [6, 6.07) is 15.6. The summed E-state index contributed by atoms with van der Waals surface area (Å²) in [6.07, 6.45) is 2.27. The predicted molar refractivity (Wildman–Crippen MR) is 106 cm³/mol. The van der Waals surface area contributed by atoms with Crippen LogP contribution in [0.5, 0.6) is 17.4 Å². The van der Waals surface area contributed by atoms with Gasteiger partial charge in [0.25, 0.3) is 0 Å². The zero-order valence-corrected chi connectivity index (χ0v) is 15.7. The van der Waals surface area contributed by atoms with Crippen LogP contribution in [0.25, 0.3) is 22.3 Å². The summed E-state index contributed by atoms with van der Waals surface area (Å²) >= 11 is 0. The highest BCUT2D eigenvalue weighted by Crippen LogP contribution is 2.41. The number of hydrogen-bond donors (Lipinski definition) is 1. The molecule has 3 rings (SSSR count). The molecule has 5 nitrogen and oxygen atoms in total. The highest BCUT2D eigenvalue weighted by molar-refractivity contribution is 5.88. The van der Waals surface area contributed by atoms with Gasteiger partial charge in [0.2, 0.25) is 5.88 Å². The van der Waals surface area contributed by atoms with Crippen LogP contribution in [0, 0.1) is 0 Å². The van der Waals surface area contributed by atoms with Crippen LogP contribution in [0.2, 0.25) is 0 Å². The highest BCUT2D eigenvalue weighted by Gasteiger charge is 2.19. The Morgan fingerprint density at radius 3 is 1.70 bits per heavy atom. The summed E-state index contributed by atoms with van der Waals surface area (Å²) in [6.45, 7) is 0.0409. The molecule has 140 valence electrons. The fraction of sp³-hybridized carbons (Fsp3) is 0.227. The van der Waals surface area contributed by atoms with Crippen LogP contribution in [0.15, 0.2) is 54.7 Å². The molecule has 0 aliphatic carbocycles. The molecule has 1 N–H and O–H groups in total. The van der Waals surface area contributed by atoms with Crippen molar-refractivity contribution in [3.05, 3.63) is 60.3 Å². The number of nitrogens with zero attached hydrogens (tertiary/aromatic N) is 1. The maximum absolute atomic E-state index is 9.53. The number of hydrogen-bond acceptors (Lipinski definition) is 5. The summed E-state index contributed by atoms with van der Waals surface area (Å²) in [5.74, 6) is 2.10. The second-order valence-electron chi connectivity index (χ2n) is 5.97. The van der Waals surface area contributed by atoms with E-state index < -0.39 is 0 Å².